The van der Waals surface area contributed by atoms with Gasteiger partial charge in [-0.15, -0.1) is 11.8 Å². The van der Waals surface area contributed by atoms with Gasteiger partial charge in [0, 0.05) is 58.9 Å². The second-order valence-corrected chi connectivity index (χ2v) is 11.1. The number of thioether (sulfide) groups is 1. The van der Waals surface area contributed by atoms with Crippen molar-refractivity contribution in [2.75, 3.05) is 31.5 Å². The molecule has 0 bridgehead atoms. The fourth-order valence-corrected chi connectivity index (χ4v) is 5.71. The number of alkyl halides is 2. The van der Waals surface area contributed by atoms with E-state index < -0.39 is 5.92 Å². The number of amides is 2. The monoisotopic (exact) mass is 566 g/mol. The van der Waals surface area contributed by atoms with Crippen LogP contribution in [-0.2, 0) is 16.5 Å². The number of H-pyrrole nitrogens is 1. The molecule has 0 spiro atoms. The molecule has 9 heteroatoms. The van der Waals surface area contributed by atoms with Crippen LogP contribution in [0.25, 0.3) is 11.6 Å². The zero-order valence-corrected chi connectivity index (χ0v) is 24.4. The van der Waals surface area contributed by atoms with Gasteiger partial charge in [-0.25, -0.2) is 8.78 Å². The van der Waals surface area contributed by atoms with Crippen LogP contribution in [0.5, 0.6) is 0 Å². The molecule has 0 radical (unpaired) electrons. The number of carbonyl (C=O) groups excluding carboxylic acids is 2. The van der Waals surface area contributed by atoms with Crippen LogP contribution in [0, 0.1) is 13.8 Å². The van der Waals surface area contributed by atoms with Crippen LogP contribution >= 0.6 is 11.8 Å². The van der Waals surface area contributed by atoms with E-state index in [2.05, 4.69) is 34.4 Å². The first-order valence-electron chi connectivity index (χ1n) is 13.5. The second kappa shape index (κ2) is 12.4. The van der Waals surface area contributed by atoms with Crippen molar-refractivity contribution in [2.24, 2.45) is 0 Å². The molecule has 2 heterocycles. The zero-order valence-electron chi connectivity index (χ0n) is 23.6. The van der Waals surface area contributed by atoms with Crippen molar-refractivity contribution in [3.05, 3.63) is 81.7 Å². The smallest absolute Gasteiger partial charge is 0.270 e. The van der Waals surface area contributed by atoms with E-state index in [-0.39, 0.29) is 17.4 Å². The number of anilines is 1. The Morgan fingerprint density at radius 2 is 1.80 bits per heavy atom. The van der Waals surface area contributed by atoms with E-state index in [1.54, 1.807) is 30.0 Å². The van der Waals surface area contributed by atoms with Crippen molar-refractivity contribution in [3.8, 4) is 0 Å². The number of hydrogen-bond acceptors (Lipinski definition) is 4. The summed E-state index contributed by atoms with van der Waals surface area (Å²) in [6.07, 6.45) is 1.80. The maximum Gasteiger partial charge on any atom is 0.270 e. The lowest BCUT2D eigenvalue weighted by Crippen LogP contribution is -2.35. The Labute approximate surface area is 238 Å². The number of carbonyl (C=O) groups is 2. The van der Waals surface area contributed by atoms with E-state index in [0.29, 0.717) is 23.4 Å². The van der Waals surface area contributed by atoms with E-state index in [0.717, 1.165) is 65.2 Å². The number of fused-ring (bicyclic) bond motifs is 1. The number of likely N-dealkylation sites (N-methyl/N-ethyl adjacent to an activating group) is 1. The van der Waals surface area contributed by atoms with Gasteiger partial charge in [0.25, 0.3) is 17.7 Å². The molecular weight excluding hydrogens is 530 g/mol. The summed E-state index contributed by atoms with van der Waals surface area (Å²) >= 11 is 1.57. The Morgan fingerprint density at radius 3 is 2.45 bits per heavy atom. The number of hydrogen-bond donors (Lipinski definition) is 3. The first kappa shape index (κ1) is 29.6. The summed E-state index contributed by atoms with van der Waals surface area (Å²) in [6.45, 7) is 12.0. The average molecular weight is 567 g/mol. The fraction of sp³-hybridized carbons (Fsp3) is 0.355. The summed E-state index contributed by atoms with van der Waals surface area (Å²) in [5.74, 6) is -2.59. The molecule has 3 N–H and O–H groups in total. The summed E-state index contributed by atoms with van der Waals surface area (Å²) < 4.78 is 27.0. The Morgan fingerprint density at radius 1 is 1.10 bits per heavy atom. The fourth-order valence-electron chi connectivity index (χ4n) is 4.82. The molecule has 2 amide bonds. The lowest BCUT2D eigenvalue weighted by molar-refractivity contribution is -0.110. The molecule has 0 aliphatic carbocycles. The summed E-state index contributed by atoms with van der Waals surface area (Å²) in [7, 11) is 0. The van der Waals surface area contributed by atoms with Crippen molar-refractivity contribution in [1.29, 1.82) is 0 Å². The van der Waals surface area contributed by atoms with Gasteiger partial charge in [-0.3, -0.25) is 9.59 Å². The molecule has 1 aliphatic heterocycles. The van der Waals surface area contributed by atoms with Gasteiger partial charge in [-0.1, -0.05) is 38.1 Å². The van der Waals surface area contributed by atoms with Crippen LogP contribution in [-0.4, -0.2) is 47.9 Å². The van der Waals surface area contributed by atoms with Gasteiger partial charge in [0.2, 0.25) is 0 Å². The van der Waals surface area contributed by atoms with Crippen LogP contribution in [0.3, 0.4) is 0 Å². The van der Waals surface area contributed by atoms with E-state index in [1.807, 2.05) is 32.0 Å². The predicted molar refractivity (Wildman–Crippen MR) is 159 cm³/mol. The number of nitrogens with one attached hydrogen (secondary N) is 3. The molecule has 0 unspecified atom stereocenters. The number of nitrogens with zero attached hydrogens (tertiary/aromatic N) is 1. The Kier molecular flexibility index (Phi) is 9.15. The number of rotatable bonds is 11. The molecule has 2 aromatic carbocycles. The van der Waals surface area contributed by atoms with Crippen LogP contribution in [0.2, 0.25) is 0 Å². The molecule has 1 aromatic heterocycles. The minimum Gasteiger partial charge on any atom is -0.358 e. The number of halogens is 2. The maximum atomic E-state index is 13.5. The minimum atomic E-state index is -2.86. The van der Waals surface area contributed by atoms with Crippen molar-refractivity contribution < 1.29 is 18.4 Å². The number of aryl methyl sites for hydroxylation is 1. The van der Waals surface area contributed by atoms with Crippen LogP contribution in [0.4, 0.5) is 14.5 Å². The molecule has 4 rings (SSSR count). The Bertz CT molecular complexity index is 1420. The SMILES string of the molecule is CCN(CC)CCNC(=O)c1c(C)[nH]c(/C=C2\C(=O)Nc3ccc(SCc4ccc(C(C)(F)F)cc4)cc32)c1C. The van der Waals surface area contributed by atoms with E-state index in [4.69, 9.17) is 0 Å². The van der Waals surface area contributed by atoms with E-state index >= 15 is 0 Å². The third kappa shape index (κ3) is 6.64. The largest absolute Gasteiger partial charge is 0.358 e. The molecule has 0 saturated heterocycles. The first-order valence-corrected chi connectivity index (χ1v) is 14.5. The third-order valence-electron chi connectivity index (χ3n) is 7.24. The summed E-state index contributed by atoms with van der Waals surface area (Å²) in [5, 5.41) is 5.93. The molecule has 3 aromatic rings. The quantitative estimate of drug-likeness (QED) is 0.181. The first-order chi connectivity index (χ1) is 19.0. The average Bonchev–Trinajstić information content (AvgIpc) is 3.38. The van der Waals surface area contributed by atoms with Crippen molar-refractivity contribution >= 4 is 40.9 Å². The minimum absolute atomic E-state index is 0.00624. The summed E-state index contributed by atoms with van der Waals surface area (Å²) in [6, 6.07) is 12.1. The van der Waals surface area contributed by atoms with Gasteiger partial charge in [-0.05, 0) is 62.3 Å². The standard InChI is InChI=1S/C31H36F2N4O2S/c1-6-37(7-2)15-14-34-30(39)28-19(3)27(35-20(28)4)17-25-24-16-23(12-13-26(24)36-29(25)38)40-18-21-8-10-22(11-9-21)31(5,32)33/h8-13,16-17,35H,6-7,14-15,18H2,1-5H3,(H,34,39)(H,36,38)/b25-17-. The van der Waals surface area contributed by atoms with Gasteiger partial charge in [0.15, 0.2) is 0 Å². The zero-order chi connectivity index (χ0) is 29.0. The van der Waals surface area contributed by atoms with E-state index in [9.17, 15) is 18.4 Å². The Balaban J connectivity index is 1.50. The van der Waals surface area contributed by atoms with E-state index in [1.165, 1.54) is 12.1 Å². The second-order valence-electron chi connectivity index (χ2n) is 10.0. The van der Waals surface area contributed by atoms with Gasteiger partial charge >= 0.3 is 0 Å². The molecule has 212 valence electrons. The highest BCUT2D eigenvalue weighted by Crippen LogP contribution is 2.37. The maximum absolute atomic E-state index is 13.5. The number of aromatic nitrogens is 1. The molecule has 0 fully saturated rings. The topological polar surface area (TPSA) is 77.2 Å². The molecule has 0 saturated carbocycles. The highest BCUT2D eigenvalue weighted by molar-refractivity contribution is 7.98. The van der Waals surface area contributed by atoms with Crippen molar-refractivity contribution in [2.45, 2.75) is 51.2 Å². The lowest BCUT2D eigenvalue weighted by Gasteiger charge is -2.18. The highest BCUT2D eigenvalue weighted by atomic mass is 32.2. The third-order valence-corrected chi connectivity index (χ3v) is 8.31. The summed E-state index contributed by atoms with van der Waals surface area (Å²) in [4.78, 5) is 32.4. The molecule has 1 aliphatic rings. The normalized spacial score (nSPS) is 14.1. The van der Waals surface area contributed by atoms with Crippen molar-refractivity contribution in [3.63, 3.8) is 0 Å². The van der Waals surface area contributed by atoms with Crippen LogP contribution < -0.4 is 10.6 Å². The predicted octanol–water partition coefficient (Wildman–Crippen LogP) is 6.60. The molecular formula is C31H36F2N4O2S. The number of benzene rings is 2. The van der Waals surface area contributed by atoms with Gasteiger partial charge in [0.05, 0.1) is 11.1 Å². The van der Waals surface area contributed by atoms with Crippen molar-refractivity contribution in [1.82, 2.24) is 15.2 Å². The highest BCUT2D eigenvalue weighted by Gasteiger charge is 2.26. The lowest BCUT2D eigenvalue weighted by atomic mass is 10.0. The van der Waals surface area contributed by atoms with Crippen LogP contribution in [0.15, 0.2) is 47.4 Å². The molecule has 40 heavy (non-hydrogen) atoms. The van der Waals surface area contributed by atoms with Crippen LogP contribution in [0.1, 0.15) is 64.8 Å². The Hall–Kier alpha value is -3.43. The molecule has 6 nitrogen and oxygen atoms in total. The molecule has 0 atom stereocenters. The number of aromatic amines is 1. The van der Waals surface area contributed by atoms with Gasteiger partial charge in [-0.2, -0.15) is 0 Å². The summed E-state index contributed by atoms with van der Waals surface area (Å²) in [5.41, 5.74) is 5.81. The van der Waals surface area contributed by atoms with Gasteiger partial charge < -0.3 is 20.5 Å². The van der Waals surface area contributed by atoms with Gasteiger partial charge in [0.1, 0.15) is 0 Å².